The monoisotopic (exact) mass is 1880 g/mol. The van der Waals surface area contributed by atoms with Crippen molar-refractivity contribution in [3.8, 4) is 28.7 Å². The van der Waals surface area contributed by atoms with Crippen molar-refractivity contribution in [1.82, 2.24) is 13.3 Å². The number of benzene rings is 8. The normalized spacial score (nSPS) is 28.5. The summed E-state index contributed by atoms with van der Waals surface area (Å²) in [5.74, 6) is -11.8. The zero-order valence-electron chi connectivity index (χ0n) is 66.4. The first-order chi connectivity index (χ1) is 58.5. The van der Waals surface area contributed by atoms with E-state index in [2.05, 4.69) is 4.72 Å². The van der Waals surface area contributed by atoms with Crippen LogP contribution in [-0.4, -0.2) is 128 Å². The van der Waals surface area contributed by atoms with Gasteiger partial charge in [-0.15, -0.1) is 0 Å². The Kier molecular flexibility index (Phi) is 23.7. The molecule has 8 aromatic carbocycles. The molecule has 6 heterocycles. The summed E-state index contributed by atoms with van der Waals surface area (Å²) >= 11 is 0. The highest BCUT2D eigenvalue weighted by Gasteiger charge is 2.69. The molecule has 41 heteroatoms. The summed E-state index contributed by atoms with van der Waals surface area (Å²) in [5, 5.41) is -1.82. The maximum Gasteiger partial charge on any atom is 0.416 e. The van der Waals surface area contributed by atoms with E-state index >= 15 is 22.0 Å². The summed E-state index contributed by atoms with van der Waals surface area (Å²) < 4.78 is 403. The maximum absolute atomic E-state index is 15.8. The Morgan fingerprint density at radius 2 is 0.728 bits per heavy atom. The predicted octanol–water partition coefficient (Wildman–Crippen LogP) is 15.9. The molecule has 6 fully saturated rings. The standard InChI is InChI=1S/C31H30F5NO6S2.C30H28F5NO6S2.C23H22F5NO5S2/c1-18-15-23-24-17-43-29-26(33)12-11-25(32)28(29)30(24,44(38,39)22-9-5-20(6-10-22)31(34,35)36)14-13-27(23)37(45(18,40)41)16-19-3-7-21(42-2)8-4-19;1-41-20-6-2-18(3-7-20)16-36-26-12-14-29(44(39,40)21-8-4-19(5-9-21)30(33,34)35)23(22(26)13-15-43(36,37)38)17-42-28-25(32)11-10-24(31)27(28)29;1-12-10-15-16-11-34-21-18(25)7-6-17(24)20(21)22(16,9-8-19(15)29-36(12,32)33)35(30,31)14-4-2-13(3-5-14)23(26,27)28/h3-12,18,23-24,27H,13-17H2,1-2H3;2-11,22-23,26H,12-17H2,1H3;2-7,12,15-16,19,29H,8-11H2,1H3/t18-,23+,24+,27-,30+;22-,23-,26+,29-;12-,15+,16+,19-,22+/m101/s1. The minimum Gasteiger partial charge on any atom is -0.497 e. The van der Waals surface area contributed by atoms with Gasteiger partial charge in [-0.3, -0.25) is 0 Å². The molecule has 125 heavy (non-hydrogen) atoms. The van der Waals surface area contributed by atoms with Gasteiger partial charge < -0.3 is 23.7 Å². The molecule has 6 aliphatic heterocycles. The average molecular weight is 1880 g/mol. The Hall–Kier alpha value is -8.71. The van der Waals surface area contributed by atoms with E-state index in [0.29, 0.717) is 59.0 Å². The van der Waals surface area contributed by atoms with Crippen molar-refractivity contribution in [1.29, 1.82) is 0 Å². The third kappa shape index (κ3) is 15.3. The Morgan fingerprint density at radius 3 is 1.09 bits per heavy atom. The summed E-state index contributed by atoms with van der Waals surface area (Å²) in [6.07, 6.45) is -15.0. The van der Waals surface area contributed by atoms with E-state index in [9.17, 15) is 94.4 Å². The molecule has 3 saturated heterocycles. The van der Waals surface area contributed by atoms with Gasteiger partial charge >= 0.3 is 18.5 Å². The molecule has 9 aliphatic rings. The van der Waals surface area contributed by atoms with Crippen LogP contribution in [-0.2, 0) is 105 Å². The molecule has 3 aliphatic carbocycles. The summed E-state index contributed by atoms with van der Waals surface area (Å²) in [4.78, 5) is -1.44. The number of nitrogens with zero attached hydrogens (tertiary/aromatic N) is 2. The second kappa shape index (κ2) is 32.5. The average Bonchev–Trinajstić information content (AvgIpc) is 0.695. The Bertz CT molecular complexity index is 6250. The van der Waals surface area contributed by atoms with Crippen molar-refractivity contribution in [2.45, 2.75) is 161 Å². The smallest absolute Gasteiger partial charge is 0.416 e. The van der Waals surface area contributed by atoms with E-state index in [1.165, 1.54) is 36.7 Å². The lowest BCUT2D eigenvalue weighted by Crippen LogP contribution is -2.64. The summed E-state index contributed by atoms with van der Waals surface area (Å²) in [6, 6.07) is 25.2. The third-order valence-electron chi connectivity index (χ3n) is 26.6. The minimum atomic E-state index is -4.72. The van der Waals surface area contributed by atoms with Crippen molar-refractivity contribution < 1.29 is 140 Å². The van der Waals surface area contributed by atoms with E-state index in [1.807, 2.05) is 0 Å². The van der Waals surface area contributed by atoms with Gasteiger partial charge in [0.25, 0.3) is 0 Å². The van der Waals surface area contributed by atoms with Crippen LogP contribution in [0.25, 0.3) is 0 Å². The van der Waals surface area contributed by atoms with Crippen LogP contribution in [0.2, 0.25) is 0 Å². The first kappa shape index (κ1) is 91.1. The predicted molar refractivity (Wildman–Crippen MR) is 421 cm³/mol. The van der Waals surface area contributed by atoms with Crippen molar-refractivity contribution in [3.63, 3.8) is 0 Å². The first-order valence-electron chi connectivity index (χ1n) is 39.4. The first-order valence-corrected chi connectivity index (χ1v) is 48.5. The van der Waals surface area contributed by atoms with Crippen LogP contribution in [0, 0.1) is 70.4 Å². The molecule has 1 N–H and O–H groups in total. The Labute approximate surface area is 710 Å². The molecule has 17 rings (SSSR count). The van der Waals surface area contributed by atoms with E-state index in [-0.39, 0.29) is 96.5 Å². The number of sulfonamides is 3. The highest BCUT2D eigenvalue weighted by molar-refractivity contribution is 7.93. The molecule has 20 nitrogen and oxygen atoms in total. The number of nitrogens with one attached hydrogen (secondary N) is 1. The van der Waals surface area contributed by atoms with E-state index in [4.69, 9.17) is 23.7 Å². The van der Waals surface area contributed by atoms with Crippen LogP contribution in [0.15, 0.2) is 172 Å². The molecule has 3 saturated carbocycles. The number of halogens is 15. The number of hydrogen-bond donors (Lipinski definition) is 1. The van der Waals surface area contributed by atoms with Crippen molar-refractivity contribution >= 4 is 59.6 Å². The van der Waals surface area contributed by atoms with E-state index in [1.54, 1.807) is 48.5 Å². The molecule has 8 aromatic rings. The number of ether oxygens (including phenoxy) is 5. The van der Waals surface area contributed by atoms with Crippen LogP contribution in [0.3, 0.4) is 0 Å². The van der Waals surface area contributed by atoms with Gasteiger partial charge in [0, 0.05) is 49.0 Å². The lowest BCUT2D eigenvalue weighted by molar-refractivity contribution is -0.138. The van der Waals surface area contributed by atoms with Crippen LogP contribution in [0.1, 0.15) is 116 Å². The third-order valence-corrected chi connectivity index (χ3v) is 40.3. The lowest BCUT2D eigenvalue weighted by Gasteiger charge is -2.57. The molecular weight excluding hydrogens is 1800 g/mol. The van der Waals surface area contributed by atoms with Crippen LogP contribution >= 0.6 is 0 Å². The molecule has 14 atom stereocenters. The number of fused-ring (bicyclic) bond motifs is 15. The van der Waals surface area contributed by atoms with Gasteiger partial charge in [-0.1, -0.05) is 24.3 Å². The van der Waals surface area contributed by atoms with Gasteiger partial charge in [0.05, 0.1) is 98.4 Å². The fraction of sp³-hybridized carbons (Fsp3) is 0.429. The maximum atomic E-state index is 15.8. The van der Waals surface area contributed by atoms with E-state index < -0.39 is 257 Å². The molecule has 0 unspecified atom stereocenters. The number of rotatable bonds is 12. The minimum absolute atomic E-state index is 0.000692. The van der Waals surface area contributed by atoms with Crippen molar-refractivity contribution in [2.75, 3.05) is 39.8 Å². The topological polar surface area (TPSA) is 269 Å². The molecule has 0 spiro atoms. The highest BCUT2D eigenvalue weighted by Crippen LogP contribution is 2.65. The summed E-state index contributed by atoms with van der Waals surface area (Å²) in [6.45, 7) is 1.93. The molecular formula is C84H80F15N3O17S6. The van der Waals surface area contributed by atoms with Crippen LogP contribution < -0.4 is 28.4 Å². The fourth-order valence-electron chi connectivity index (χ4n) is 20.6. The number of alkyl halides is 9. The Morgan fingerprint density at radius 1 is 0.408 bits per heavy atom. The van der Waals surface area contributed by atoms with Gasteiger partial charge in [-0.05, 0) is 234 Å². The van der Waals surface area contributed by atoms with Crippen molar-refractivity contribution in [3.05, 3.63) is 237 Å². The number of hydrogen-bond acceptors (Lipinski definition) is 17. The molecule has 0 bridgehead atoms. The Balaban J connectivity index is 0.000000146. The number of methoxy groups -OCH3 is 2. The molecule has 0 aromatic heterocycles. The van der Waals surface area contributed by atoms with Gasteiger partial charge in [0.15, 0.2) is 64.2 Å². The van der Waals surface area contributed by atoms with Gasteiger partial charge in [0.2, 0.25) is 30.1 Å². The summed E-state index contributed by atoms with van der Waals surface area (Å²) in [7, 11) is -22.3. The molecule has 674 valence electrons. The largest absolute Gasteiger partial charge is 0.497 e. The quantitative estimate of drug-likeness (QED) is 0.111. The highest BCUT2D eigenvalue weighted by atomic mass is 32.2. The molecule has 0 amide bonds. The second-order valence-corrected chi connectivity index (χ2v) is 45.8. The van der Waals surface area contributed by atoms with Gasteiger partial charge in [0.1, 0.15) is 43.2 Å². The molecule has 0 radical (unpaired) electrons. The zero-order chi connectivity index (χ0) is 90.4. The van der Waals surface area contributed by atoms with Crippen LogP contribution in [0.5, 0.6) is 28.7 Å². The van der Waals surface area contributed by atoms with Gasteiger partial charge in [-0.25, -0.2) is 81.6 Å². The van der Waals surface area contributed by atoms with E-state index in [0.717, 1.165) is 72.8 Å². The summed E-state index contributed by atoms with van der Waals surface area (Å²) in [5.41, 5.74) is -3.38. The second-order valence-electron chi connectivity index (χ2n) is 32.7. The fourth-order valence-corrected chi connectivity index (χ4v) is 33.0. The lowest BCUT2D eigenvalue weighted by atomic mass is 9.64. The SMILES string of the molecule is COc1ccc(CN2[C@@H]3CC[C@@]4(S(=O)(=O)c5ccc(C(F)(F)F)cc5)c5c(F)ccc(F)c5OC[C@H]4[C@@H]3CCS2(=O)=O)cc1.COc1ccc(CN2[C@@H]3CC[C@@]4(S(=O)(=O)c5ccc(C(F)(F)F)cc5)c5c(F)ccc(F)c5OC[C@H]4[C@@H]3C[C@@H](C)S2(=O)=O)cc1.C[C@@H]1C[C@@H]2[C@@H](CC[C@@]3(S(=O)(=O)c4ccc(C(F)(F)F)cc4)c4c(F)ccc(F)c4OC[C@@H]23)NS1(=O)=O. The van der Waals surface area contributed by atoms with Crippen molar-refractivity contribution in [2.24, 2.45) is 35.5 Å². The van der Waals surface area contributed by atoms with Gasteiger partial charge in [-0.2, -0.15) is 48.1 Å². The number of sulfone groups is 3. The zero-order valence-corrected chi connectivity index (χ0v) is 71.3. The van der Waals surface area contributed by atoms with Crippen LogP contribution in [0.4, 0.5) is 65.9 Å².